The molecule has 6 nitrogen and oxygen atoms in total. The highest BCUT2D eigenvalue weighted by Gasteiger charge is 2.22. The van der Waals surface area contributed by atoms with E-state index in [9.17, 15) is 4.79 Å². The third-order valence-electron chi connectivity index (χ3n) is 4.99. The first-order valence-corrected chi connectivity index (χ1v) is 10.7. The summed E-state index contributed by atoms with van der Waals surface area (Å²) in [7, 11) is 0. The van der Waals surface area contributed by atoms with E-state index in [4.69, 9.17) is 0 Å². The van der Waals surface area contributed by atoms with E-state index >= 15 is 0 Å². The molecule has 0 aliphatic carbocycles. The monoisotopic (exact) mass is 387 g/mol. The summed E-state index contributed by atoms with van der Waals surface area (Å²) < 4.78 is 2.08. The molecule has 146 valence electrons. The number of hydrogen-bond donors (Lipinski definition) is 1. The van der Waals surface area contributed by atoms with Crippen molar-refractivity contribution in [2.45, 2.75) is 51.2 Å². The Morgan fingerprint density at radius 2 is 1.81 bits per heavy atom. The van der Waals surface area contributed by atoms with Crippen LogP contribution in [0.25, 0.3) is 5.69 Å². The Kier molecular flexibility index (Phi) is 6.77. The molecule has 1 atom stereocenters. The van der Waals surface area contributed by atoms with Gasteiger partial charge in [-0.2, -0.15) is 0 Å². The number of thioether (sulfide) groups is 1. The first-order valence-electron chi connectivity index (χ1n) is 9.74. The zero-order valence-electron chi connectivity index (χ0n) is 16.4. The standard InChI is InChI=1S/C20H29N5OS/c1-15(2)16(3)21-18(26)14-27-20-23-22-19(24-12-8-5-9-13-24)25(20)17-10-6-4-7-11-17/h4,6-7,10-11,15-16H,5,8-9,12-14H2,1-3H3,(H,21,26)/t16-/m0/s1. The molecule has 0 saturated carbocycles. The lowest BCUT2D eigenvalue weighted by Crippen LogP contribution is -2.37. The minimum absolute atomic E-state index is 0.0309. The van der Waals surface area contributed by atoms with Crippen LogP contribution in [0.3, 0.4) is 0 Å². The van der Waals surface area contributed by atoms with Crippen LogP contribution in [-0.2, 0) is 4.79 Å². The van der Waals surface area contributed by atoms with Gasteiger partial charge in [0.2, 0.25) is 11.9 Å². The van der Waals surface area contributed by atoms with Crippen molar-refractivity contribution >= 4 is 23.6 Å². The van der Waals surface area contributed by atoms with Gasteiger partial charge < -0.3 is 10.2 Å². The highest BCUT2D eigenvalue weighted by atomic mass is 32.2. The maximum Gasteiger partial charge on any atom is 0.232 e. The minimum atomic E-state index is 0.0309. The van der Waals surface area contributed by atoms with Gasteiger partial charge in [0.05, 0.1) is 11.4 Å². The normalized spacial score (nSPS) is 15.8. The SMILES string of the molecule is CC(C)[C@H](C)NC(=O)CSc1nnc(N2CCCCC2)n1-c1ccccc1. The van der Waals surface area contributed by atoms with Crippen molar-refractivity contribution < 1.29 is 4.79 Å². The zero-order chi connectivity index (χ0) is 19.2. The van der Waals surface area contributed by atoms with E-state index in [1.165, 1.54) is 31.0 Å². The van der Waals surface area contributed by atoms with E-state index in [0.717, 1.165) is 29.9 Å². The van der Waals surface area contributed by atoms with E-state index in [1.54, 1.807) is 0 Å². The van der Waals surface area contributed by atoms with Gasteiger partial charge in [0.1, 0.15) is 0 Å². The van der Waals surface area contributed by atoms with Crippen LogP contribution in [0, 0.1) is 5.92 Å². The molecule has 0 spiro atoms. The molecule has 1 aromatic carbocycles. The molecule has 27 heavy (non-hydrogen) atoms. The fourth-order valence-corrected chi connectivity index (χ4v) is 3.81. The maximum atomic E-state index is 12.3. The molecule has 1 aromatic heterocycles. The number of rotatable bonds is 7. The van der Waals surface area contributed by atoms with Gasteiger partial charge in [-0.3, -0.25) is 9.36 Å². The molecule has 1 aliphatic heterocycles. The second-order valence-corrected chi connectivity index (χ2v) is 8.33. The fraction of sp³-hybridized carbons (Fsp3) is 0.550. The smallest absolute Gasteiger partial charge is 0.232 e. The summed E-state index contributed by atoms with van der Waals surface area (Å²) in [6.45, 7) is 8.25. The molecule has 0 unspecified atom stereocenters. The molecule has 7 heteroatoms. The van der Waals surface area contributed by atoms with E-state index in [2.05, 4.69) is 51.0 Å². The number of aromatic nitrogens is 3. The number of benzene rings is 1. The summed E-state index contributed by atoms with van der Waals surface area (Å²) in [6.07, 6.45) is 3.63. The lowest BCUT2D eigenvalue weighted by atomic mass is 10.1. The molecule has 3 rings (SSSR count). The first kappa shape index (κ1) is 19.7. The van der Waals surface area contributed by atoms with Gasteiger partial charge in [0, 0.05) is 19.1 Å². The summed E-state index contributed by atoms with van der Waals surface area (Å²) in [5.41, 5.74) is 1.03. The van der Waals surface area contributed by atoms with E-state index in [0.29, 0.717) is 11.7 Å². The maximum absolute atomic E-state index is 12.3. The Labute approximate surface area is 165 Å². The molecule has 1 N–H and O–H groups in total. The van der Waals surface area contributed by atoms with Crippen molar-refractivity contribution in [3.05, 3.63) is 30.3 Å². The topological polar surface area (TPSA) is 63.1 Å². The Bertz CT molecular complexity index is 740. The van der Waals surface area contributed by atoms with Gasteiger partial charge >= 0.3 is 0 Å². The second-order valence-electron chi connectivity index (χ2n) is 7.39. The summed E-state index contributed by atoms with van der Waals surface area (Å²) in [5.74, 6) is 1.66. The van der Waals surface area contributed by atoms with Crippen molar-refractivity contribution in [3.8, 4) is 5.69 Å². The van der Waals surface area contributed by atoms with Crippen LogP contribution in [0.15, 0.2) is 35.5 Å². The van der Waals surface area contributed by atoms with Crippen LogP contribution in [0.4, 0.5) is 5.95 Å². The van der Waals surface area contributed by atoms with Crippen molar-refractivity contribution in [1.82, 2.24) is 20.1 Å². The van der Waals surface area contributed by atoms with Gasteiger partial charge in [-0.25, -0.2) is 0 Å². The number of carbonyl (C=O) groups is 1. The van der Waals surface area contributed by atoms with Gasteiger partial charge in [-0.15, -0.1) is 10.2 Å². The van der Waals surface area contributed by atoms with Crippen molar-refractivity contribution in [1.29, 1.82) is 0 Å². The molecule has 1 saturated heterocycles. The Morgan fingerprint density at radius 3 is 2.48 bits per heavy atom. The van der Waals surface area contributed by atoms with Crippen LogP contribution in [0.5, 0.6) is 0 Å². The molecule has 2 heterocycles. The summed E-state index contributed by atoms with van der Waals surface area (Å²) >= 11 is 1.44. The lowest BCUT2D eigenvalue weighted by Gasteiger charge is -2.27. The van der Waals surface area contributed by atoms with Crippen molar-refractivity contribution in [2.75, 3.05) is 23.7 Å². The average Bonchev–Trinajstić information content (AvgIpc) is 3.11. The number of hydrogen-bond acceptors (Lipinski definition) is 5. The molecular formula is C20H29N5OS. The number of piperidine rings is 1. The molecular weight excluding hydrogens is 358 g/mol. The van der Waals surface area contributed by atoms with Gasteiger partial charge in [0.15, 0.2) is 5.16 Å². The second kappa shape index (κ2) is 9.26. The number of anilines is 1. The number of nitrogens with one attached hydrogen (secondary N) is 1. The quantitative estimate of drug-likeness (QED) is 0.737. The zero-order valence-corrected chi connectivity index (χ0v) is 17.2. The lowest BCUT2D eigenvalue weighted by molar-refractivity contribution is -0.119. The van der Waals surface area contributed by atoms with E-state index in [1.807, 2.05) is 25.1 Å². The van der Waals surface area contributed by atoms with Crippen LogP contribution in [0.1, 0.15) is 40.0 Å². The predicted octanol–water partition coefficient (Wildman–Crippen LogP) is 3.51. The number of nitrogens with zero attached hydrogens (tertiary/aromatic N) is 4. The highest BCUT2D eigenvalue weighted by molar-refractivity contribution is 7.99. The van der Waals surface area contributed by atoms with Gasteiger partial charge in [-0.1, -0.05) is 43.8 Å². The Balaban J connectivity index is 1.78. The van der Waals surface area contributed by atoms with Crippen LogP contribution >= 0.6 is 11.8 Å². The molecule has 1 aliphatic rings. The first-order chi connectivity index (χ1) is 13.1. The summed E-state index contributed by atoms with van der Waals surface area (Å²) in [6, 6.07) is 10.3. The highest BCUT2D eigenvalue weighted by Crippen LogP contribution is 2.28. The van der Waals surface area contributed by atoms with Gasteiger partial charge in [-0.05, 0) is 44.2 Å². The number of para-hydroxylation sites is 1. The van der Waals surface area contributed by atoms with Crippen LogP contribution < -0.4 is 10.2 Å². The van der Waals surface area contributed by atoms with Gasteiger partial charge in [0.25, 0.3) is 0 Å². The van der Waals surface area contributed by atoms with Crippen LogP contribution in [0.2, 0.25) is 0 Å². The van der Waals surface area contributed by atoms with Crippen LogP contribution in [-0.4, -0.2) is 45.6 Å². The predicted molar refractivity (Wildman–Crippen MR) is 111 cm³/mol. The van der Waals surface area contributed by atoms with Crippen molar-refractivity contribution in [3.63, 3.8) is 0 Å². The summed E-state index contributed by atoms with van der Waals surface area (Å²) in [4.78, 5) is 14.6. The molecule has 1 fully saturated rings. The summed E-state index contributed by atoms with van der Waals surface area (Å²) in [5, 5.41) is 12.7. The molecule has 0 radical (unpaired) electrons. The minimum Gasteiger partial charge on any atom is -0.353 e. The Hall–Kier alpha value is -2.02. The number of amides is 1. The molecule has 2 aromatic rings. The Morgan fingerprint density at radius 1 is 1.11 bits per heavy atom. The largest absolute Gasteiger partial charge is 0.353 e. The number of carbonyl (C=O) groups excluding carboxylic acids is 1. The van der Waals surface area contributed by atoms with E-state index in [-0.39, 0.29) is 11.9 Å². The average molecular weight is 388 g/mol. The molecule has 1 amide bonds. The molecule has 0 bridgehead atoms. The third kappa shape index (κ3) is 5.03. The van der Waals surface area contributed by atoms with Crippen molar-refractivity contribution in [2.24, 2.45) is 5.92 Å². The van der Waals surface area contributed by atoms with E-state index < -0.39 is 0 Å². The third-order valence-corrected chi connectivity index (χ3v) is 5.92. The fourth-order valence-electron chi connectivity index (χ4n) is 3.05.